The van der Waals surface area contributed by atoms with Crippen molar-refractivity contribution in [2.45, 2.75) is 26.3 Å². The number of benzene rings is 2. The molecule has 0 aliphatic carbocycles. The molecule has 0 saturated carbocycles. The summed E-state index contributed by atoms with van der Waals surface area (Å²) in [6.45, 7) is 5.50. The standard InChI is InChI=1S/C24H30ClN3O5/c1-3-17(2)26-23(29)15-28-10-11-31-12-13-32-21-6-4-5-7-22(21)33-20-9-8-18(25)14-19(20)27-24(30)16-28/h4-9,14,17H,3,10-13,15-16H2,1-2H3,(H,26,29)(H,27,30). The Bertz CT molecular complexity index is 955. The van der Waals surface area contributed by atoms with E-state index < -0.39 is 0 Å². The second-order valence-corrected chi connectivity index (χ2v) is 8.22. The lowest BCUT2D eigenvalue weighted by atomic mass is 10.2. The third-order valence-corrected chi connectivity index (χ3v) is 5.31. The molecule has 178 valence electrons. The molecule has 1 aliphatic heterocycles. The molecule has 33 heavy (non-hydrogen) atoms. The summed E-state index contributed by atoms with van der Waals surface area (Å²) in [4.78, 5) is 27.0. The number of para-hydroxylation sites is 2. The first-order valence-electron chi connectivity index (χ1n) is 11.0. The molecule has 0 bridgehead atoms. The molecular formula is C24H30ClN3O5. The van der Waals surface area contributed by atoms with Crippen LogP contribution in [0, 0.1) is 0 Å². The van der Waals surface area contributed by atoms with Crippen molar-refractivity contribution in [2.75, 3.05) is 44.8 Å². The van der Waals surface area contributed by atoms with E-state index in [1.807, 2.05) is 26.0 Å². The summed E-state index contributed by atoms with van der Waals surface area (Å²) in [5.41, 5.74) is 0.428. The van der Waals surface area contributed by atoms with Gasteiger partial charge < -0.3 is 24.8 Å². The number of halogens is 1. The number of nitrogens with one attached hydrogen (secondary N) is 2. The first-order valence-corrected chi connectivity index (χ1v) is 11.4. The van der Waals surface area contributed by atoms with E-state index in [1.54, 1.807) is 35.2 Å². The number of amides is 2. The maximum Gasteiger partial charge on any atom is 0.238 e. The quantitative estimate of drug-likeness (QED) is 0.701. The maximum absolute atomic E-state index is 12.9. The Kier molecular flexibility index (Phi) is 9.35. The Morgan fingerprint density at radius 1 is 1.15 bits per heavy atom. The summed E-state index contributed by atoms with van der Waals surface area (Å²) in [6, 6.07) is 12.3. The Morgan fingerprint density at radius 2 is 1.94 bits per heavy atom. The van der Waals surface area contributed by atoms with E-state index in [2.05, 4.69) is 10.6 Å². The van der Waals surface area contributed by atoms with Crippen molar-refractivity contribution in [1.29, 1.82) is 0 Å². The first kappa shape index (κ1) is 24.8. The lowest BCUT2D eigenvalue weighted by Crippen LogP contribution is -2.44. The summed E-state index contributed by atoms with van der Waals surface area (Å²) < 4.78 is 17.5. The van der Waals surface area contributed by atoms with Gasteiger partial charge in [0, 0.05) is 17.6 Å². The number of hydrogen-bond donors (Lipinski definition) is 2. The molecule has 8 nitrogen and oxygen atoms in total. The van der Waals surface area contributed by atoms with Gasteiger partial charge in [0.1, 0.15) is 6.61 Å². The zero-order chi connectivity index (χ0) is 23.6. The highest BCUT2D eigenvalue weighted by atomic mass is 35.5. The van der Waals surface area contributed by atoms with Gasteiger partial charge in [-0.15, -0.1) is 0 Å². The molecule has 9 heteroatoms. The van der Waals surface area contributed by atoms with Gasteiger partial charge in [-0.1, -0.05) is 30.7 Å². The molecule has 0 saturated heterocycles. The topological polar surface area (TPSA) is 89.1 Å². The predicted octanol–water partition coefficient (Wildman–Crippen LogP) is 3.70. The van der Waals surface area contributed by atoms with Crippen molar-refractivity contribution in [3.63, 3.8) is 0 Å². The molecule has 3 rings (SSSR count). The fourth-order valence-corrected chi connectivity index (χ4v) is 3.37. The molecule has 2 aromatic carbocycles. The molecule has 0 fully saturated rings. The average molecular weight is 476 g/mol. The number of rotatable bonds is 4. The van der Waals surface area contributed by atoms with Gasteiger partial charge in [0.05, 0.1) is 32.0 Å². The van der Waals surface area contributed by atoms with Crippen LogP contribution in [0.1, 0.15) is 20.3 Å². The summed E-state index contributed by atoms with van der Waals surface area (Å²) >= 11 is 6.17. The summed E-state index contributed by atoms with van der Waals surface area (Å²) in [6.07, 6.45) is 0.829. The van der Waals surface area contributed by atoms with Crippen LogP contribution in [0.25, 0.3) is 0 Å². The molecule has 1 atom stereocenters. The monoisotopic (exact) mass is 475 g/mol. The third kappa shape index (κ3) is 7.92. The van der Waals surface area contributed by atoms with Gasteiger partial charge in [0.15, 0.2) is 17.2 Å². The fraction of sp³-hybridized carbons (Fsp3) is 0.417. The number of ether oxygens (including phenoxy) is 3. The van der Waals surface area contributed by atoms with E-state index in [0.29, 0.717) is 54.3 Å². The smallest absolute Gasteiger partial charge is 0.238 e. The minimum Gasteiger partial charge on any atom is -0.487 e. The minimum atomic E-state index is -0.294. The van der Waals surface area contributed by atoms with Gasteiger partial charge in [-0.25, -0.2) is 0 Å². The van der Waals surface area contributed by atoms with E-state index in [9.17, 15) is 9.59 Å². The Morgan fingerprint density at radius 3 is 2.73 bits per heavy atom. The van der Waals surface area contributed by atoms with E-state index in [4.69, 9.17) is 25.8 Å². The van der Waals surface area contributed by atoms with Crippen LogP contribution in [0.3, 0.4) is 0 Å². The summed E-state index contributed by atoms with van der Waals surface area (Å²) in [5.74, 6) is 1.06. The maximum atomic E-state index is 12.9. The van der Waals surface area contributed by atoms with Gasteiger partial charge in [-0.05, 0) is 43.7 Å². The van der Waals surface area contributed by atoms with Crippen molar-refractivity contribution in [2.24, 2.45) is 0 Å². The predicted molar refractivity (Wildman–Crippen MR) is 127 cm³/mol. The minimum absolute atomic E-state index is 0.0102. The van der Waals surface area contributed by atoms with Gasteiger partial charge in [0.2, 0.25) is 11.8 Å². The van der Waals surface area contributed by atoms with E-state index in [0.717, 1.165) is 6.42 Å². The van der Waals surface area contributed by atoms with Crippen LogP contribution in [-0.2, 0) is 14.3 Å². The number of nitrogens with zero attached hydrogens (tertiary/aromatic N) is 1. The molecule has 0 aromatic heterocycles. The van der Waals surface area contributed by atoms with Crippen molar-refractivity contribution >= 4 is 29.1 Å². The molecule has 2 N–H and O–H groups in total. The Balaban J connectivity index is 1.80. The van der Waals surface area contributed by atoms with Gasteiger partial charge in [-0.2, -0.15) is 0 Å². The summed E-state index contributed by atoms with van der Waals surface area (Å²) in [7, 11) is 0. The van der Waals surface area contributed by atoms with Gasteiger partial charge in [-0.3, -0.25) is 14.5 Å². The van der Waals surface area contributed by atoms with Crippen molar-refractivity contribution in [3.8, 4) is 17.2 Å². The highest BCUT2D eigenvalue weighted by Crippen LogP contribution is 2.36. The van der Waals surface area contributed by atoms with E-state index in [1.165, 1.54) is 0 Å². The van der Waals surface area contributed by atoms with Crippen molar-refractivity contribution in [1.82, 2.24) is 10.2 Å². The zero-order valence-electron chi connectivity index (χ0n) is 18.9. The largest absolute Gasteiger partial charge is 0.487 e. The molecule has 2 aromatic rings. The number of anilines is 1. The van der Waals surface area contributed by atoms with Crippen LogP contribution < -0.4 is 20.1 Å². The van der Waals surface area contributed by atoms with Crippen LogP contribution in [0.2, 0.25) is 5.02 Å². The molecule has 1 heterocycles. The first-order chi connectivity index (χ1) is 15.9. The molecule has 1 unspecified atom stereocenters. The van der Waals surface area contributed by atoms with Gasteiger partial charge >= 0.3 is 0 Å². The van der Waals surface area contributed by atoms with Gasteiger partial charge in [0.25, 0.3) is 0 Å². The van der Waals surface area contributed by atoms with Crippen LogP contribution in [0.5, 0.6) is 17.2 Å². The lowest BCUT2D eigenvalue weighted by Gasteiger charge is -2.22. The lowest BCUT2D eigenvalue weighted by molar-refractivity contribution is -0.124. The van der Waals surface area contributed by atoms with Crippen LogP contribution in [-0.4, -0.2) is 62.2 Å². The highest BCUT2D eigenvalue weighted by molar-refractivity contribution is 6.31. The number of carbonyl (C=O) groups is 2. The van der Waals surface area contributed by atoms with Crippen LogP contribution in [0.15, 0.2) is 42.5 Å². The highest BCUT2D eigenvalue weighted by Gasteiger charge is 2.18. The normalized spacial score (nSPS) is 16.5. The zero-order valence-corrected chi connectivity index (χ0v) is 19.7. The van der Waals surface area contributed by atoms with Crippen LogP contribution >= 0.6 is 11.6 Å². The summed E-state index contributed by atoms with van der Waals surface area (Å²) in [5, 5.41) is 6.24. The Hall–Kier alpha value is -2.81. The molecule has 0 spiro atoms. The molecule has 0 radical (unpaired) electrons. The third-order valence-electron chi connectivity index (χ3n) is 5.08. The molecule has 2 amide bonds. The number of fused-ring (bicyclic) bond motifs is 2. The molecular weight excluding hydrogens is 446 g/mol. The van der Waals surface area contributed by atoms with Crippen molar-refractivity contribution in [3.05, 3.63) is 47.5 Å². The second-order valence-electron chi connectivity index (χ2n) is 7.79. The number of hydrogen-bond acceptors (Lipinski definition) is 6. The van der Waals surface area contributed by atoms with Crippen LogP contribution in [0.4, 0.5) is 5.69 Å². The SMILES string of the molecule is CCC(C)NC(=O)CN1CCOCCOc2ccccc2Oc2ccc(Cl)cc2NC(=O)C1. The Labute approximate surface area is 199 Å². The van der Waals surface area contributed by atoms with Crippen molar-refractivity contribution < 1.29 is 23.8 Å². The fourth-order valence-electron chi connectivity index (χ4n) is 3.20. The molecule has 1 aliphatic rings. The number of carbonyl (C=O) groups excluding carboxylic acids is 2. The second kappa shape index (κ2) is 12.4. The average Bonchev–Trinajstić information content (AvgIpc) is 2.78. The van der Waals surface area contributed by atoms with E-state index >= 15 is 0 Å². The van der Waals surface area contributed by atoms with E-state index in [-0.39, 0.29) is 30.9 Å².